The van der Waals surface area contributed by atoms with Crippen LogP contribution in [0.15, 0.2) is 71.6 Å². The molecule has 1 fully saturated rings. The third-order valence-electron chi connectivity index (χ3n) is 5.42. The number of amides is 3. The van der Waals surface area contributed by atoms with Crippen molar-refractivity contribution >= 4 is 69.8 Å². The second kappa shape index (κ2) is 12.8. The van der Waals surface area contributed by atoms with Gasteiger partial charge >= 0.3 is 5.97 Å². The Morgan fingerprint density at radius 3 is 2.41 bits per heavy atom. The number of carbonyl (C=O) groups is 4. The molecule has 3 aromatic carbocycles. The molecule has 1 heterocycles. The van der Waals surface area contributed by atoms with E-state index in [1.165, 1.54) is 18.2 Å². The minimum absolute atomic E-state index is 0.0896. The number of benzene rings is 3. The number of nitrogens with zero attached hydrogens (tertiary/aromatic N) is 1. The first kappa shape index (κ1) is 28.2. The van der Waals surface area contributed by atoms with Crippen LogP contribution in [0.2, 0.25) is 10.0 Å². The van der Waals surface area contributed by atoms with Crippen molar-refractivity contribution in [2.45, 2.75) is 13.5 Å². The summed E-state index contributed by atoms with van der Waals surface area (Å²) in [6.07, 6.45) is 1.58. The Hall–Kier alpha value is -3.79. The van der Waals surface area contributed by atoms with Crippen molar-refractivity contribution in [2.75, 3.05) is 18.5 Å². The topological polar surface area (TPSA) is 102 Å². The van der Waals surface area contributed by atoms with Crippen molar-refractivity contribution in [3.05, 3.63) is 98.4 Å². The number of nitrogens with one attached hydrogen (secondary N) is 1. The van der Waals surface area contributed by atoms with Crippen LogP contribution < -0.4 is 10.1 Å². The van der Waals surface area contributed by atoms with Crippen LogP contribution in [0.1, 0.15) is 28.4 Å². The van der Waals surface area contributed by atoms with Crippen LogP contribution in [0.5, 0.6) is 5.75 Å². The van der Waals surface area contributed by atoms with Crippen molar-refractivity contribution in [1.82, 2.24) is 4.90 Å². The number of halogens is 2. The number of ether oxygens (including phenoxy) is 2. The molecule has 200 valence electrons. The number of carbonyl (C=O) groups excluding carboxylic acids is 4. The molecular weight excluding hydrogens is 563 g/mol. The van der Waals surface area contributed by atoms with Crippen molar-refractivity contribution < 1.29 is 28.7 Å². The molecule has 0 radical (unpaired) electrons. The number of thioether (sulfide) groups is 1. The van der Waals surface area contributed by atoms with Crippen LogP contribution in [0.4, 0.5) is 10.5 Å². The summed E-state index contributed by atoms with van der Waals surface area (Å²) in [4.78, 5) is 51.0. The first-order chi connectivity index (χ1) is 18.7. The van der Waals surface area contributed by atoms with Crippen LogP contribution in [-0.4, -0.2) is 41.1 Å². The zero-order chi connectivity index (χ0) is 27.9. The fourth-order valence-corrected chi connectivity index (χ4v) is 4.67. The van der Waals surface area contributed by atoms with E-state index in [0.717, 1.165) is 22.2 Å². The van der Waals surface area contributed by atoms with Crippen molar-refractivity contribution in [2.24, 2.45) is 0 Å². The van der Waals surface area contributed by atoms with Gasteiger partial charge in [-0.3, -0.25) is 19.3 Å². The van der Waals surface area contributed by atoms with Gasteiger partial charge in [-0.25, -0.2) is 4.79 Å². The number of esters is 1. The molecule has 0 saturated carbocycles. The van der Waals surface area contributed by atoms with E-state index < -0.39 is 29.6 Å². The Bertz CT molecular complexity index is 1440. The molecule has 3 aromatic rings. The number of hydrogen-bond donors (Lipinski definition) is 1. The van der Waals surface area contributed by atoms with Gasteiger partial charge in [0.2, 0.25) is 5.91 Å². The summed E-state index contributed by atoms with van der Waals surface area (Å²) in [6.45, 7) is 1.71. The van der Waals surface area contributed by atoms with Gasteiger partial charge in [0.15, 0.2) is 0 Å². The molecule has 0 aromatic heterocycles. The summed E-state index contributed by atoms with van der Waals surface area (Å²) in [6, 6.07) is 18.7. The van der Waals surface area contributed by atoms with Crippen LogP contribution >= 0.6 is 35.0 Å². The second-order valence-electron chi connectivity index (χ2n) is 8.22. The van der Waals surface area contributed by atoms with Crippen molar-refractivity contribution in [1.29, 1.82) is 0 Å². The minimum atomic E-state index is -0.629. The maximum absolute atomic E-state index is 12.8. The molecule has 1 saturated heterocycles. The van der Waals surface area contributed by atoms with Gasteiger partial charge in [0, 0.05) is 10.7 Å². The predicted octanol–water partition coefficient (Wildman–Crippen LogP) is 6.42. The van der Waals surface area contributed by atoms with Gasteiger partial charge in [-0.2, -0.15) is 0 Å². The molecule has 4 rings (SSSR count). The molecule has 1 aliphatic heterocycles. The maximum Gasteiger partial charge on any atom is 0.339 e. The van der Waals surface area contributed by atoms with Gasteiger partial charge in [-0.1, -0.05) is 47.5 Å². The van der Waals surface area contributed by atoms with Crippen LogP contribution in [0, 0.1) is 0 Å². The lowest BCUT2D eigenvalue weighted by atomic mass is 10.2. The van der Waals surface area contributed by atoms with E-state index in [2.05, 4.69) is 5.32 Å². The molecule has 0 aliphatic carbocycles. The summed E-state index contributed by atoms with van der Waals surface area (Å²) < 4.78 is 10.7. The Labute approximate surface area is 238 Å². The summed E-state index contributed by atoms with van der Waals surface area (Å²) in [5, 5.41) is 2.83. The van der Waals surface area contributed by atoms with Gasteiger partial charge in [-0.15, -0.1) is 0 Å². The third-order valence-corrected chi connectivity index (χ3v) is 6.91. The molecule has 0 unspecified atom stereocenters. The highest BCUT2D eigenvalue weighted by Gasteiger charge is 2.36. The number of hydrogen-bond acceptors (Lipinski definition) is 7. The maximum atomic E-state index is 12.8. The zero-order valence-corrected chi connectivity index (χ0v) is 22.9. The first-order valence-electron chi connectivity index (χ1n) is 11.7. The van der Waals surface area contributed by atoms with Gasteiger partial charge < -0.3 is 14.8 Å². The van der Waals surface area contributed by atoms with E-state index in [0.29, 0.717) is 22.9 Å². The Kier molecular flexibility index (Phi) is 9.29. The number of imide groups is 1. The third kappa shape index (κ3) is 7.41. The highest BCUT2D eigenvalue weighted by molar-refractivity contribution is 8.18. The summed E-state index contributed by atoms with van der Waals surface area (Å²) in [7, 11) is 0. The molecule has 8 nitrogen and oxygen atoms in total. The molecule has 1 aliphatic rings. The monoisotopic (exact) mass is 584 g/mol. The van der Waals surface area contributed by atoms with E-state index >= 15 is 0 Å². The van der Waals surface area contributed by atoms with Gasteiger partial charge in [0.05, 0.1) is 22.1 Å². The van der Waals surface area contributed by atoms with Crippen molar-refractivity contribution in [3.8, 4) is 5.75 Å². The van der Waals surface area contributed by atoms with Gasteiger partial charge in [0.25, 0.3) is 11.1 Å². The average molecular weight is 585 g/mol. The Morgan fingerprint density at radius 1 is 1.00 bits per heavy atom. The summed E-state index contributed by atoms with van der Waals surface area (Å²) in [5.41, 5.74) is 2.02. The molecule has 0 bridgehead atoms. The van der Waals surface area contributed by atoms with E-state index in [-0.39, 0.29) is 27.8 Å². The zero-order valence-electron chi connectivity index (χ0n) is 20.6. The van der Waals surface area contributed by atoms with Crippen LogP contribution in [-0.2, 0) is 20.9 Å². The van der Waals surface area contributed by atoms with Crippen LogP contribution in [0.3, 0.4) is 0 Å². The molecule has 3 amide bonds. The molecule has 0 atom stereocenters. The highest BCUT2D eigenvalue weighted by Crippen LogP contribution is 2.32. The Morgan fingerprint density at radius 2 is 1.72 bits per heavy atom. The largest absolute Gasteiger partial charge is 0.489 e. The van der Waals surface area contributed by atoms with E-state index in [9.17, 15) is 19.2 Å². The average Bonchev–Trinajstić information content (AvgIpc) is 3.17. The smallest absolute Gasteiger partial charge is 0.339 e. The normalized spacial score (nSPS) is 14.0. The fraction of sp³-hybridized carbons (Fsp3) is 0.143. The number of anilines is 1. The van der Waals surface area contributed by atoms with E-state index in [1.807, 2.05) is 12.1 Å². The first-order valence-corrected chi connectivity index (χ1v) is 13.3. The van der Waals surface area contributed by atoms with Crippen molar-refractivity contribution in [3.63, 3.8) is 0 Å². The Balaban J connectivity index is 1.35. The lowest BCUT2D eigenvalue weighted by Gasteiger charge is -2.13. The van der Waals surface area contributed by atoms with Gasteiger partial charge in [-0.05, 0) is 78.4 Å². The van der Waals surface area contributed by atoms with E-state index in [4.69, 9.17) is 32.7 Å². The standard InChI is InChI=1S/C28H22Cl2N2O6S/c1-2-37-27(35)22-14-20(9-12-23(22)30)31-25(33)15-32-26(34)24(39-28(32)36)13-17-5-10-21(11-6-17)38-16-18-3-7-19(29)8-4-18/h3-14H,2,15-16H2,1H3,(H,31,33)/b24-13+. The van der Waals surface area contributed by atoms with Crippen LogP contribution in [0.25, 0.3) is 6.08 Å². The lowest BCUT2D eigenvalue weighted by Crippen LogP contribution is -2.36. The highest BCUT2D eigenvalue weighted by atomic mass is 35.5. The molecule has 39 heavy (non-hydrogen) atoms. The van der Waals surface area contributed by atoms with E-state index in [1.54, 1.807) is 49.4 Å². The molecule has 11 heteroatoms. The molecule has 0 spiro atoms. The molecule has 1 N–H and O–H groups in total. The van der Waals surface area contributed by atoms with Gasteiger partial charge in [0.1, 0.15) is 18.9 Å². The number of rotatable bonds is 9. The fourth-order valence-electron chi connectivity index (χ4n) is 3.51. The quantitative estimate of drug-likeness (QED) is 0.228. The molecular formula is C28H22Cl2N2O6S. The SMILES string of the molecule is CCOC(=O)c1cc(NC(=O)CN2C(=O)S/C(=C/c3ccc(OCc4ccc(Cl)cc4)cc3)C2=O)ccc1Cl. The summed E-state index contributed by atoms with van der Waals surface area (Å²) in [5.74, 6) is -1.18. The summed E-state index contributed by atoms with van der Waals surface area (Å²) >= 11 is 12.7. The predicted molar refractivity (Wildman–Crippen MR) is 151 cm³/mol. The minimum Gasteiger partial charge on any atom is -0.489 e. The lowest BCUT2D eigenvalue weighted by molar-refractivity contribution is -0.127. The second-order valence-corrected chi connectivity index (χ2v) is 10.1.